The van der Waals surface area contributed by atoms with E-state index in [1.807, 2.05) is 19.9 Å². The van der Waals surface area contributed by atoms with E-state index in [1.54, 1.807) is 6.07 Å². The summed E-state index contributed by atoms with van der Waals surface area (Å²) in [7, 11) is 0. The fourth-order valence-corrected chi connectivity index (χ4v) is 2.13. The number of carbonyl (C=O) groups excluding carboxylic acids is 1. The average molecular weight is 269 g/mol. The topological polar surface area (TPSA) is 97.6 Å². The van der Waals surface area contributed by atoms with Crippen LogP contribution in [0.15, 0.2) is 18.3 Å². The first-order chi connectivity index (χ1) is 9.58. The summed E-state index contributed by atoms with van der Waals surface area (Å²) in [6.45, 7) is 4.21. The molecule has 0 radical (unpaired) electrons. The van der Waals surface area contributed by atoms with Gasteiger partial charge >= 0.3 is 0 Å². The molecule has 2 rings (SSSR count). The molecule has 6 nitrogen and oxygen atoms in total. The lowest BCUT2D eigenvalue weighted by Crippen LogP contribution is -2.16. The number of aromatic nitrogens is 3. The third-order valence-corrected chi connectivity index (χ3v) is 3.15. The maximum Gasteiger partial charge on any atom is 0.278 e. The zero-order chi connectivity index (χ0) is 14.7. The van der Waals surface area contributed by atoms with Gasteiger partial charge in [0.25, 0.3) is 5.91 Å². The van der Waals surface area contributed by atoms with Crippen molar-refractivity contribution in [2.45, 2.75) is 20.3 Å². The number of aryl methyl sites for hydroxylation is 1. The Morgan fingerprint density at radius 1 is 1.50 bits per heavy atom. The summed E-state index contributed by atoms with van der Waals surface area (Å²) in [5.74, 6) is -0.271. The summed E-state index contributed by atoms with van der Waals surface area (Å²) in [6, 6.07) is 4.95. The minimum absolute atomic E-state index is 0.208. The summed E-state index contributed by atoms with van der Waals surface area (Å²) < 4.78 is 1.36. The molecule has 2 heterocycles. The first-order valence-electron chi connectivity index (χ1n) is 6.24. The maximum atomic E-state index is 12.4. The van der Waals surface area contributed by atoms with E-state index in [-0.39, 0.29) is 11.6 Å². The molecule has 0 saturated carbocycles. The van der Waals surface area contributed by atoms with E-state index < -0.39 is 0 Å². The summed E-state index contributed by atoms with van der Waals surface area (Å²) in [5, 5.41) is 13.1. The molecule has 6 heteroatoms. The molecule has 0 aliphatic rings. The van der Waals surface area contributed by atoms with E-state index in [1.165, 1.54) is 16.9 Å². The van der Waals surface area contributed by atoms with Gasteiger partial charge in [-0.2, -0.15) is 10.4 Å². The molecule has 0 unspecified atom stereocenters. The van der Waals surface area contributed by atoms with Crippen molar-refractivity contribution in [3.63, 3.8) is 0 Å². The van der Waals surface area contributed by atoms with Gasteiger partial charge in [-0.1, -0.05) is 0 Å². The SMILES string of the molecule is Cc1nn(C(=O)c2ccnc(C#N)c2)c(C)c1CCN. The number of hydrogen-bond donors (Lipinski definition) is 1. The van der Waals surface area contributed by atoms with Gasteiger partial charge in [-0.25, -0.2) is 9.67 Å². The van der Waals surface area contributed by atoms with Crippen LogP contribution in [0.4, 0.5) is 0 Å². The highest BCUT2D eigenvalue weighted by Crippen LogP contribution is 2.15. The molecule has 2 N–H and O–H groups in total. The second-order valence-electron chi connectivity index (χ2n) is 4.45. The highest BCUT2D eigenvalue weighted by Gasteiger charge is 2.17. The number of nitrogens with zero attached hydrogens (tertiary/aromatic N) is 4. The summed E-state index contributed by atoms with van der Waals surface area (Å²) >= 11 is 0. The van der Waals surface area contributed by atoms with Gasteiger partial charge in [0, 0.05) is 17.5 Å². The van der Waals surface area contributed by atoms with Crippen molar-refractivity contribution in [2.75, 3.05) is 6.54 Å². The standard InChI is InChI=1S/C14H15N5O/c1-9-13(3-5-15)10(2)19(18-9)14(20)11-4-6-17-12(7-11)8-16/h4,6-7H,3,5,15H2,1-2H3. The lowest BCUT2D eigenvalue weighted by molar-refractivity contribution is 0.0942. The molecule has 0 saturated heterocycles. The van der Waals surface area contributed by atoms with Gasteiger partial charge in [0.1, 0.15) is 11.8 Å². The molecule has 0 fully saturated rings. The van der Waals surface area contributed by atoms with Crippen LogP contribution in [0.5, 0.6) is 0 Å². The fraction of sp³-hybridized carbons (Fsp3) is 0.286. The van der Waals surface area contributed by atoms with Crippen LogP contribution in [0.2, 0.25) is 0 Å². The van der Waals surface area contributed by atoms with Crippen molar-refractivity contribution in [1.29, 1.82) is 5.26 Å². The highest BCUT2D eigenvalue weighted by atomic mass is 16.2. The molecule has 2 aromatic rings. The van der Waals surface area contributed by atoms with Crippen molar-refractivity contribution < 1.29 is 4.79 Å². The largest absolute Gasteiger partial charge is 0.330 e. The first kappa shape index (κ1) is 13.9. The van der Waals surface area contributed by atoms with Gasteiger partial charge in [-0.05, 0) is 44.5 Å². The number of rotatable bonds is 3. The Labute approximate surface area is 116 Å². The van der Waals surface area contributed by atoms with Gasteiger partial charge in [0.15, 0.2) is 0 Å². The van der Waals surface area contributed by atoms with Gasteiger partial charge in [-0.3, -0.25) is 4.79 Å². The number of carbonyl (C=O) groups is 1. The maximum absolute atomic E-state index is 12.4. The normalized spacial score (nSPS) is 10.3. The van der Waals surface area contributed by atoms with Crippen molar-refractivity contribution >= 4 is 5.91 Å². The number of pyridine rings is 1. The minimum atomic E-state index is -0.271. The second kappa shape index (κ2) is 5.63. The van der Waals surface area contributed by atoms with Crippen LogP contribution in [0.25, 0.3) is 0 Å². The molecule has 0 spiro atoms. The van der Waals surface area contributed by atoms with E-state index in [0.29, 0.717) is 18.5 Å². The molecular weight excluding hydrogens is 254 g/mol. The minimum Gasteiger partial charge on any atom is -0.330 e. The quantitative estimate of drug-likeness (QED) is 0.894. The van der Waals surface area contributed by atoms with E-state index >= 15 is 0 Å². The molecular formula is C14H15N5O. The van der Waals surface area contributed by atoms with Gasteiger partial charge in [-0.15, -0.1) is 0 Å². The molecule has 20 heavy (non-hydrogen) atoms. The monoisotopic (exact) mass is 269 g/mol. The molecule has 0 amide bonds. The lowest BCUT2D eigenvalue weighted by Gasteiger charge is -2.04. The lowest BCUT2D eigenvalue weighted by atomic mass is 10.1. The molecule has 0 aliphatic heterocycles. The van der Waals surface area contributed by atoms with Crippen LogP contribution in [0.1, 0.15) is 33.0 Å². The van der Waals surface area contributed by atoms with Crippen LogP contribution in [0, 0.1) is 25.2 Å². The molecule has 2 aromatic heterocycles. The van der Waals surface area contributed by atoms with Crippen molar-refractivity contribution in [1.82, 2.24) is 14.8 Å². The fourth-order valence-electron chi connectivity index (χ4n) is 2.13. The van der Waals surface area contributed by atoms with E-state index in [0.717, 1.165) is 17.0 Å². The van der Waals surface area contributed by atoms with Crippen molar-refractivity contribution in [3.05, 3.63) is 46.5 Å². The van der Waals surface area contributed by atoms with Crippen LogP contribution < -0.4 is 5.73 Å². The number of hydrogen-bond acceptors (Lipinski definition) is 5. The van der Waals surface area contributed by atoms with Crippen LogP contribution in [-0.4, -0.2) is 27.2 Å². The molecule has 0 atom stereocenters. The predicted molar refractivity (Wildman–Crippen MR) is 73.1 cm³/mol. The Balaban J connectivity index is 2.43. The Bertz CT molecular complexity index is 696. The van der Waals surface area contributed by atoms with E-state index in [2.05, 4.69) is 10.1 Å². The molecule has 102 valence electrons. The smallest absolute Gasteiger partial charge is 0.278 e. The van der Waals surface area contributed by atoms with Crippen molar-refractivity contribution in [3.8, 4) is 6.07 Å². The zero-order valence-electron chi connectivity index (χ0n) is 11.4. The summed E-state index contributed by atoms with van der Waals surface area (Å²) in [4.78, 5) is 16.3. The van der Waals surface area contributed by atoms with Gasteiger partial charge in [0.2, 0.25) is 0 Å². The predicted octanol–water partition coefficient (Wildman–Crippen LogP) is 0.956. The summed E-state index contributed by atoms with van der Waals surface area (Å²) in [6.07, 6.45) is 2.13. The molecule has 0 aliphatic carbocycles. The Hall–Kier alpha value is -2.52. The number of nitriles is 1. The molecule has 0 aromatic carbocycles. The Kier molecular flexibility index (Phi) is 3.91. The third kappa shape index (κ3) is 2.44. The average Bonchev–Trinajstić information content (AvgIpc) is 2.75. The zero-order valence-corrected chi connectivity index (χ0v) is 11.4. The molecule has 0 bridgehead atoms. The Morgan fingerprint density at radius 2 is 2.25 bits per heavy atom. The summed E-state index contributed by atoms with van der Waals surface area (Å²) in [5.41, 5.74) is 8.75. The van der Waals surface area contributed by atoms with E-state index in [4.69, 9.17) is 11.0 Å². The van der Waals surface area contributed by atoms with Crippen molar-refractivity contribution in [2.24, 2.45) is 5.73 Å². The third-order valence-electron chi connectivity index (χ3n) is 3.15. The van der Waals surface area contributed by atoms with Crippen LogP contribution in [-0.2, 0) is 6.42 Å². The highest BCUT2D eigenvalue weighted by molar-refractivity contribution is 5.96. The first-order valence-corrected chi connectivity index (χ1v) is 6.24. The Morgan fingerprint density at radius 3 is 2.90 bits per heavy atom. The van der Waals surface area contributed by atoms with Crippen LogP contribution >= 0.6 is 0 Å². The van der Waals surface area contributed by atoms with Crippen LogP contribution in [0.3, 0.4) is 0 Å². The van der Waals surface area contributed by atoms with Gasteiger partial charge in [0.05, 0.1) is 5.69 Å². The number of nitrogens with two attached hydrogens (primary N) is 1. The second-order valence-corrected chi connectivity index (χ2v) is 4.45. The van der Waals surface area contributed by atoms with Gasteiger partial charge < -0.3 is 5.73 Å². The van der Waals surface area contributed by atoms with E-state index in [9.17, 15) is 4.79 Å².